The van der Waals surface area contributed by atoms with E-state index in [9.17, 15) is 4.39 Å². The van der Waals surface area contributed by atoms with Gasteiger partial charge in [0.1, 0.15) is 18.2 Å². The molecule has 3 aromatic rings. The predicted octanol–water partition coefficient (Wildman–Crippen LogP) is 3.73. The van der Waals surface area contributed by atoms with Crippen LogP contribution in [-0.4, -0.2) is 11.3 Å². The Morgan fingerprint density at radius 2 is 1.88 bits per heavy atom. The molecule has 0 aliphatic carbocycles. The molecule has 0 atom stereocenters. The molecule has 0 aliphatic heterocycles. The molecule has 0 aliphatic rings. The van der Waals surface area contributed by atoms with Crippen molar-refractivity contribution in [1.82, 2.24) is 5.43 Å². The Morgan fingerprint density at radius 1 is 1.12 bits per heavy atom. The monoisotopic (exact) mass is 353 g/mol. The molecule has 3 aromatic carbocycles. The van der Waals surface area contributed by atoms with Gasteiger partial charge >= 0.3 is 0 Å². The van der Waals surface area contributed by atoms with E-state index < -0.39 is 0 Å². The van der Waals surface area contributed by atoms with Crippen LogP contribution in [0.2, 0.25) is 0 Å². The molecule has 0 bridgehead atoms. The summed E-state index contributed by atoms with van der Waals surface area (Å²) in [4.78, 5) is 0. The quantitative estimate of drug-likeness (QED) is 0.417. The lowest BCUT2D eigenvalue weighted by atomic mass is 10.0. The van der Waals surface area contributed by atoms with Crippen LogP contribution in [0.5, 0.6) is 5.75 Å². The summed E-state index contributed by atoms with van der Waals surface area (Å²) in [5.41, 5.74) is 9.63. The van der Waals surface area contributed by atoms with Gasteiger partial charge in [-0.3, -0.25) is 5.43 Å². The molecule has 0 radical (unpaired) electrons. The summed E-state index contributed by atoms with van der Waals surface area (Å²) >= 11 is 4.76. The summed E-state index contributed by atoms with van der Waals surface area (Å²) < 4.78 is 18.9. The van der Waals surface area contributed by atoms with Crippen molar-refractivity contribution in [3.05, 3.63) is 77.6 Å². The lowest BCUT2D eigenvalue weighted by Crippen LogP contribution is -2.24. The molecule has 0 heterocycles. The molecule has 0 aromatic heterocycles. The van der Waals surface area contributed by atoms with Crippen molar-refractivity contribution < 1.29 is 9.13 Å². The maximum atomic E-state index is 13.0. The van der Waals surface area contributed by atoms with Gasteiger partial charge in [-0.1, -0.05) is 42.5 Å². The van der Waals surface area contributed by atoms with Crippen molar-refractivity contribution in [3.8, 4) is 5.75 Å². The zero-order valence-corrected chi connectivity index (χ0v) is 14.1. The minimum Gasteiger partial charge on any atom is -0.488 e. The molecule has 0 fully saturated rings. The Kier molecular flexibility index (Phi) is 5.20. The standard InChI is InChI=1S/C19H16FN3OS/c20-15-8-5-13(6-9-15)12-24-18-10-7-14-3-1-2-4-16(14)17(18)11-22-23-19(21)25/h1-11H,12H2,(H3,21,23,25). The van der Waals surface area contributed by atoms with Crippen LogP contribution in [0, 0.1) is 5.82 Å². The van der Waals surface area contributed by atoms with Gasteiger partial charge in [0.2, 0.25) is 0 Å². The molecule has 4 nitrogen and oxygen atoms in total. The Morgan fingerprint density at radius 3 is 2.64 bits per heavy atom. The summed E-state index contributed by atoms with van der Waals surface area (Å²) in [7, 11) is 0. The van der Waals surface area contributed by atoms with Gasteiger partial charge < -0.3 is 10.5 Å². The Bertz CT molecular complexity index is 926. The van der Waals surface area contributed by atoms with Gasteiger partial charge in [-0.05, 0) is 46.8 Å². The fourth-order valence-electron chi connectivity index (χ4n) is 2.44. The number of hydrazone groups is 1. The third kappa shape index (κ3) is 4.30. The average molecular weight is 353 g/mol. The van der Waals surface area contributed by atoms with Crippen LogP contribution in [0.1, 0.15) is 11.1 Å². The van der Waals surface area contributed by atoms with E-state index in [4.69, 9.17) is 22.7 Å². The van der Waals surface area contributed by atoms with Crippen LogP contribution >= 0.6 is 12.2 Å². The molecular formula is C19H16FN3OS. The maximum absolute atomic E-state index is 13.0. The first-order valence-corrected chi connectivity index (χ1v) is 8.02. The molecular weight excluding hydrogens is 337 g/mol. The van der Waals surface area contributed by atoms with Gasteiger partial charge in [-0.25, -0.2) is 4.39 Å². The predicted molar refractivity (Wildman–Crippen MR) is 102 cm³/mol. The first-order chi connectivity index (χ1) is 12.1. The smallest absolute Gasteiger partial charge is 0.184 e. The third-order valence-electron chi connectivity index (χ3n) is 3.61. The second-order valence-corrected chi connectivity index (χ2v) is 5.79. The molecule has 126 valence electrons. The van der Waals surface area contributed by atoms with Crippen molar-refractivity contribution in [1.29, 1.82) is 0 Å². The number of nitrogens with one attached hydrogen (secondary N) is 1. The van der Waals surface area contributed by atoms with E-state index in [0.29, 0.717) is 12.4 Å². The highest BCUT2D eigenvalue weighted by Gasteiger charge is 2.08. The highest BCUT2D eigenvalue weighted by atomic mass is 32.1. The number of ether oxygens (including phenoxy) is 1. The van der Waals surface area contributed by atoms with E-state index in [1.807, 2.05) is 36.4 Å². The largest absolute Gasteiger partial charge is 0.488 e. The highest BCUT2D eigenvalue weighted by Crippen LogP contribution is 2.27. The first kappa shape index (κ1) is 16.9. The number of halogens is 1. The topological polar surface area (TPSA) is 59.6 Å². The number of fused-ring (bicyclic) bond motifs is 1. The summed E-state index contributed by atoms with van der Waals surface area (Å²) in [6.45, 7) is 0.322. The molecule has 3 N–H and O–H groups in total. The molecule has 0 unspecified atom stereocenters. The molecule has 0 spiro atoms. The number of nitrogens with two attached hydrogens (primary N) is 1. The minimum atomic E-state index is -0.272. The molecule has 0 saturated heterocycles. The Labute approximate surface area is 150 Å². The number of hydrogen-bond acceptors (Lipinski definition) is 3. The maximum Gasteiger partial charge on any atom is 0.184 e. The van der Waals surface area contributed by atoms with Crippen molar-refractivity contribution >= 4 is 34.3 Å². The van der Waals surface area contributed by atoms with Crippen LogP contribution in [0.3, 0.4) is 0 Å². The highest BCUT2D eigenvalue weighted by molar-refractivity contribution is 7.80. The second kappa shape index (κ2) is 7.72. The third-order valence-corrected chi connectivity index (χ3v) is 3.70. The number of thiocarbonyl (C=S) groups is 1. The van der Waals surface area contributed by atoms with E-state index in [0.717, 1.165) is 21.9 Å². The zero-order valence-electron chi connectivity index (χ0n) is 13.3. The van der Waals surface area contributed by atoms with Crippen molar-refractivity contribution in [3.63, 3.8) is 0 Å². The van der Waals surface area contributed by atoms with Gasteiger partial charge in [0.25, 0.3) is 0 Å². The van der Waals surface area contributed by atoms with E-state index in [2.05, 4.69) is 10.5 Å². The number of hydrogen-bond donors (Lipinski definition) is 2. The second-order valence-electron chi connectivity index (χ2n) is 5.35. The SMILES string of the molecule is NC(=S)NN=Cc1c(OCc2ccc(F)cc2)ccc2ccccc12. The number of nitrogens with zero attached hydrogens (tertiary/aromatic N) is 1. The zero-order chi connectivity index (χ0) is 17.6. The van der Waals surface area contributed by atoms with Crippen molar-refractivity contribution in [2.75, 3.05) is 0 Å². The van der Waals surface area contributed by atoms with Crippen molar-refractivity contribution in [2.24, 2.45) is 10.8 Å². The Hall–Kier alpha value is -2.99. The minimum absolute atomic E-state index is 0.0882. The summed E-state index contributed by atoms with van der Waals surface area (Å²) in [6, 6.07) is 18.0. The van der Waals surface area contributed by atoms with Crippen LogP contribution in [0.4, 0.5) is 4.39 Å². The van der Waals surface area contributed by atoms with Gasteiger partial charge in [0.15, 0.2) is 5.11 Å². The van der Waals surface area contributed by atoms with Gasteiger partial charge in [0.05, 0.1) is 6.21 Å². The molecule has 0 amide bonds. The van der Waals surface area contributed by atoms with Crippen LogP contribution < -0.4 is 15.9 Å². The van der Waals surface area contributed by atoms with Crippen LogP contribution in [-0.2, 0) is 6.61 Å². The first-order valence-electron chi connectivity index (χ1n) is 7.61. The molecule has 0 saturated carbocycles. The van der Waals surface area contributed by atoms with Gasteiger partial charge in [-0.15, -0.1) is 0 Å². The van der Waals surface area contributed by atoms with Gasteiger partial charge in [-0.2, -0.15) is 5.10 Å². The van der Waals surface area contributed by atoms with Crippen LogP contribution in [0.25, 0.3) is 10.8 Å². The molecule has 25 heavy (non-hydrogen) atoms. The Balaban J connectivity index is 1.91. The summed E-state index contributed by atoms with van der Waals surface area (Å²) in [6.07, 6.45) is 1.63. The van der Waals surface area contributed by atoms with E-state index in [-0.39, 0.29) is 10.9 Å². The van der Waals surface area contributed by atoms with Crippen LogP contribution in [0.15, 0.2) is 65.8 Å². The normalized spacial score (nSPS) is 10.9. The van der Waals surface area contributed by atoms with Gasteiger partial charge in [0, 0.05) is 5.56 Å². The summed E-state index contributed by atoms with van der Waals surface area (Å²) in [5.74, 6) is 0.391. The van der Waals surface area contributed by atoms with E-state index in [1.165, 1.54) is 12.1 Å². The van der Waals surface area contributed by atoms with Crippen molar-refractivity contribution in [2.45, 2.75) is 6.61 Å². The number of benzene rings is 3. The fourth-order valence-corrected chi connectivity index (χ4v) is 2.49. The van der Waals surface area contributed by atoms with E-state index in [1.54, 1.807) is 18.3 Å². The molecule has 3 rings (SSSR count). The lowest BCUT2D eigenvalue weighted by molar-refractivity contribution is 0.306. The molecule has 6 heteroatoms. The van der Waals surface area contributed by atoms with E-state index >= 15 is 0 Å². The lowest BCUT2D eigenvalue weighted by Gasteiger charge is -2.12. The summed E-state index contributed by atoms with van der Waals surface area (Å²) in [5, 5.41) is 6.19. The fraction of sp³-hybridized carbons (Fsp3) is 0.0526. The number of rotatable bonds is 5. The average Bonchev–Trinajstić information content (AvgIpc) is 2.62.